The molecule has 9 nitrogen and oxygen atoms in total. The van der Waals surface area contributed by atoms with E-state index in [1.807, 2.05) is 21.1 Å². The Morgan fingerprint density at radius 3 is 0.741 bits per heavy atom. The summed E-state index contributed by atoms with van der Waals surface area (Å²) >= 11 is 0. The summed E-state index contributed by atoms with van der Waals surface area (Å²) in [5.74, 6) is 4.37. The second-order valence-corrected chi connectivity index (χ2v) is 29.1. The Labute approximate surface area is 550 Å². The van der Waals surface area contributed by atoms with Crippen LogP contribution in [0, 0.1) is 35.0 Å². The minimum atomic E-state index is 0.292. The van der Waals surface area contributed by atoms with E-state index in [0.29, 0.717) is 34.6 Å². The molecule has 0 aromatic rings. The Bertz CT molecular complexity index is 960. The molecule has 3 unspecified atom stereocenters. The molecule has 0 fully saturated rings. The Balaban J connectivity index is -0.0000000534. The highest BCUT2D eigenvalue weighted by atomic mass is 15.1. The Kier molecular flexibility index (Phi) is 123. The first-order chi connectivity index (χ1) is 38.4. The van der Waals surface area contributed by atoms with Crippen LogP contribution in [0.1, 0.15) is 312 Å². The predicted molar refractivity (Wildman–Crippen MR) is 413 cm³/mol. The molecule has 0 bridgehead atoms. The molecule has 0 saturated heterocycles. The van der Waals surface area contributed by atoms with Crippen LogP contribution >= 0.6 is 0 Å². The molecule has 0 aliphatic carbocycles. The van der Waals surface area contributed by atoms with Crippen molar-refractivity contribution < 1.29 is 0 Å². The molecule has 3 atom stereocenters. The summed E-state index contributed by atoms with van der Waals surface area (Å²) < 4.78 is 0. The third kappa shape index (κ3) is 180. The normalized spacial score (nSPS) is 11.7. The lowest BCUT2D eigenvalue weighted by molar-refractivity contribution is 0.219. The highest BCUT2D eigenvalue weighted by Gasteiger charge is 2.11. The number of hydrogen-bond acceptors (Lipinski definition) is 9. The molecular weight excluding hydrogens is 1040 g/mol. The molecule has 0 radical (unpaired) electrons. The largest absolute Gasteiger partial charge is 0.320 e. The summed E-state index contributed by atoms with van der Waals surface area (Å²) in [4.78, 5) is 13.1. The SMILES string of the molecule is CC(C)C(C)N(C)C.CC(C)N(C)C.CCC(C)(C)CC.CCC(C)C(C)C.CCC(C)CC.CCC(C)N(C)C.CCCC(C)C.CCCCC.CCCN(C)C.CCN(C)C.CCNC.CN(C)C(C)(C)C.CNC(C)(C)C.CNC(C)C. The summed E-state index contributed by atoms with van der Waals surface area (Å²) in [6, 6.07) is 2.76. The number of hydrogen-bond donors (Lipinski definition) is 3. The van der Waals surface area contributed by atoms with Crippen LogP contribution in [0.4, 0.5) is 0 Å². The second-order valence-electron chi connectivity index (χ2n) is 29.1. The molecule has 0 aliphatic heterocycles. The van der Waals surface area contributed by atoms with Gasteiger partial charge in [0.2, 0.25) is 0 Å². The molecular formula is C76H189N9. The predicted octanol–water partition coefficient (Wildman–Crippen LogP) is 21.2. The van der Waals surface area contributed by atoms with Gasteiger partial charge in [0.1, 0.15) is 0 Å². The Hall–Kier alpha value is -0.360. The van der Waals surface area contributed by atoms with E-state index in [0.717, 1.165) is 48.7 Å². The molecule has 0 aromatic heterocycles. The first-order valence-electron chi connectivity index (χ1n) is 35.4. The van der Waals surface area contributed by atoms with E-state index in [1.165, 1.54) is 83.6 Å². The van der Waals surface area contributed by atoms with E-state index in [9.17, 15) is 0 Å². The molecule has 538 valence electrons. The average molecular weight is 1230 g/mol. The van der Waals surface area contributed by atoms with Crippen LogP contribution in [-0.2, 0) is 0 Å². The van der Waals surface area contributed by atoms with Gasteiger partial charge in [-0.25, -0.2) is 0 Å². The molecule has 0 heterocycles. The number of nitrogens with one attached hydrogen (secondary N) is 3. The van der Waals surface area contributed by atoms with Crippen molar-refractivity contribution in [1.82, 2.24) is 45.3 Å². The first kappa shape index (κ1) is 119. The van der Waals surface area contributed by atoms with Gasteiger partial charge in [-0.1, -0.05) is 230 Å². The molecule has 0 rings (SSSR count). The van der Waals surface area contributed by atoms with Gasteiger partial charge in [-0.15, -0.1) is 0 Å². The van der Waals surface area contributed by atoms with E-state index in [1.54, 1.807) is 0 Å². The van der Waals surface area contributed by atoms with Gasteiger partial charge in [0, 0.05) is 35.2 Å². The molecule has 9 heteroatoms. The lowest BCUT2D eigenvalue weighted by atomic mass is 9.88. The fourth-order valence-electron chi connectivity index (χ4n) is 3.35. The molecule has 0 aliphatic rings. The number of rotatable bonds is 20. The lowest BCUT2D eigenvalue weighted by Gasteiger charge is -2.27. The van der Waals surface area contributed by atoms with Gasteiger partial charge in [-0.2, -0.15) is 0 Å². The fourth-order valence-corrected chi connectivity index (χ4v) is 3.35. The zero-order valence-corrected chi connectivity index (χ0v) is 70.5. The van der Waals surface area contributed by atoms with Gasteiger partial charge in [-0.05, 0) is 242 Å². The van der Waals surface area contributed by atoms with Crippen molar-refractivity contribution in [1.29, 1.82) is 0 Å². The fraction of sp³-hybridized carbons (Fsp3) is 1.00. The summed E-state index contributed by atoms with van der Waals surface area (Å²) in [5, 5.41) is 9.06. The highest BCUT2D eigenvalue weighted by Crippen LogP contribution is 2.22. The summed E-state index contributed by atoms with van der Waals surface area (Å²) in [6.07, 6.45) is 15.8. The highest BCUT2D eigenvalue weighted by molar-refractivity contribution is 4.68. The Morgan fingerprint density at radius 1 is 0.424 bits per heavy atom. The number of unbranched alkanes of at least 4 members (excludes halogenated alkanes) is 2. The van der Waals surface area contributed by atoms with Crippen LogP contribution in [0.3, 0.4) is 0 Å². The van der Waals surface area contributed by atoms with Crippen LogP contribution in [0.15, 0.2) is 0 Å². The number of nitrogens with zero attached hydrogens (tertiary/aromatic N) is 6. The molecule has 3 N–H and O–H groups in total. The summed E-state index contributed by atoms with van der Waals surface area (Å²) in [6.45, 7) is 78.5. The molecule has 0 aromatic carbocycles. The quantitative estimate of drug-likeness (QED) is 0.111. The zero-order valence-electron chi connectivity index (χ0n) is 70.5. The maximum atomic E-state index is 3.10. The van der Waals surface area contributed by atoms with Gasteiger partial charge in [0.15, 0.2) is 0 Å². The van der Waals surface area contributed by atoms with Crippen LogP contribution in [0.5, 0.6) is 0 Å². The van der Waals surface area contributed by atoms with E-state index in [2.05, 4.69) is 365 Å². The standard InChI is InChI=1S/C7H17N.2C7H16.2C6H15N.2C6H14.3C5H13N.C5H12.2C4H11N.C3H9N/c1-6(2)7(3)8(4)5;1-5-7(3,4)6-2;1-5-7(4)6(2)3;1-6(2,3)7(4)5;1-5-6(2)7(3)4;1-4-5-6(2)3;1-4-6(3)5-2;1-5(2)6(3)4;1-5(2,3)6-4;1-4-5-6(2)3;1-3-5-4-2;1-4-5(2)3;1-4(2)5-3;1-3-4-2/h6-7H,1-5H3;5-6H2,1-4H3;6-7H,5H2,1-4H3;1-5H3;6H,5H2,1-4H3;2*6H,4-5H2,1-3H3;5H,1-4H3;6H,1-4H3;4-5H2,1-3H3;3-5H2,1-2H3;4H2,1-3H3;4-5H,1-3H3;4H,3H2,1-2H3. The van der Waals surface area contributed by atoms with Crippen molar-refractivity contribution in [2.24, 2.45) is 35.0 Å². The summed E-state index contributed by atoms with van der Waals surface area (Å²) in [7, 11) is 30.9. The minimum Gasteiger partial charge on any atom is -0.320 e. The van der Waals surface area contributed by atoms with Crippen molar-refractivity contribution in [2.75, 3.05) is 125 Å². The van der Waals surface area contributed by atoms with E-state index in [-0.39, 0.29) is 0 Å². The van der Waals surface area contributed by atoms with Crippen LogP contribution in [0.25, 0.3) is 0 Å². The van der Waals surface area contributed by atoms with Crippen molar-refractivity contribution in [2.45, 2.75) is 348 Å². The van der Waals surface area contributed by atoms with Crippen molar-refractivity contribution in [3.05, 3.63) is 0 Å². The molecule has 85 heavy (non-hydrogen) atoms. The van der Waals surface area contributed by atoms with Gasteiger partial charge in [0.05, 0.1) is 0 Å². The van der Waals surface area contributed by atoms with Crippen LogP contribution in [-0.4, -0.2) is 190 Å². The van der Waals surface area contributed by atoms with Crippen molar-refractivity contribution in [3.63, 3.8) is 0 Å². The molecule has 0 amide bonds. The molecule has 0 spiro atoms. The molecule has 0 saturated carbocycles. The van der Waals surface area contributed by atoms with E-state index in [4.69, 9.17) is 0 Å². The maximum absolute atomic E-state index is 3.10. The van der Waals surface area contributed by atoms with Gasteiger partial charge in [0.25, 0.3) is 0 Å². The van der Waals surface area contributed by atoms with E-state index < -0.39 is 0 Å². The van der Waals surface area contributed by atoms with Gasteiger partial charge >= 0.3 is 0 Å². The van der Waals surface area contributed by atoms with Crippen molar-refractivity contribution in [3.8, 4) is 0 Å². The third-order valence-electron chi connectivity index (χ3n) is 15.3. The van der Waals surface area contributed by atoms with Crippen LogP contribution in [0.2, 0.25) is 0 Å². The van der Waals surface area contributed by atoms with Gasteiger partial charge in [-0.3, -0.25) is 0 Å². The first-order valence-corrected chi connectivity index (χ1v) is 35.4. The zero-order chi connectivity index (χ0) is 71.9. The van der Waals surface area contributed by atoms with E-state index >= 15 is 0 Å². The van der Waals surface area contributed by atoms with Crippen LogP contribution < -0.4 is 16.0 Å². The lowest BCUT2D eigenvalue weighted by Crippen LogP contribution is -2.34. The monoisotopic (exact) mass is 1230 g/mol. The smallest absolute Gasteiger partial charge is 0.0118 e. The second kappa shape index (κ2) is 87.8. The Morgan fingerprint density at radius 2 is 0.741 bits per heavy atom. The average Bonchev–Trinajstić information content (AvgIpc) is 3.41. The van der Waals surface area contributed by atoms with Gasteiger partial charge < -0.3 is 45.3 Å². The topological polar surface area (TPSA) is 55.5 Å². The third-order valence-corrected chi connectivity index (χ3v) is 15.3. The minimum absolute atomic E-state index is 0.292. The summed E-state index contributed by atoms with van der Waals surface area (Å²) in [5.41, 5.74) is 1.21. The van der Waals surface area contributed by atoms with Crippen molar-refractivity contribution >= 4 is 0 Å². The maximum Gasteiger partial charge on any atom is 0.0118 e.